The number of halogens is 2. The van der Waals surface area contributed by atoms with Crippen molar-refractivity contribution in [2.45, 2.75) is 0 Å². The van der Waals surface area contributed by atoms with Gasteiger partial charge >= 0.3 is 0 Å². The molecule has 0 unspecified atom stereocenters. The molecule has 0 saturated heterocycles. The first-order valence-electron chi connectivity index (χ1n) is 4.33. The van der Waals surface area contributed by atoms with Crippen molar-refractivity contribution in [2.24, 2.45) is 0 Å². The summed E-state index contributed by atoms with van der Waals surface area (Å²) in [7, 11) is 0. The van der Waals surface area contributed by atoms with Crippen molar-refractivity contribution < 1.29 is 4.74 Å². The quantitative estimate of drug-likeness (QED) is 0.928. The predicted molar refractivity (Wildman–Crippen MR) is 64.1 cm³/mol. The smallest absolute Gasteiger partial charge is 0.268 e. The molecule has 0 radical (unpaired) electrons. The Balaban J connectivity index is 2.30. The third-order valence-corrected chi connectivity index (χ3v) is 2.74. The summed E-state index contributed by atoms with van der Waals surface area (Å²) in [6, 6.07) is 6.77. The van der Waals surface area contributed by atoms with E-state index in [1.54, 1.807) is 24.3 Å². The van der Waals surface area contributed by atoms with Gasteiger partial charge in [-0.15, -0.1) is 0 Å². The van der Waals surface area contributed by atoms with E-state index >= 15 is 0 Å². The highest BCUT2D eigenvalue weighted by Crippen LogP contribution is 2.24. The molecule has 2 aromatic rings. The number of nitrogens with one attached hydrogen (secondary N) is 1. The van der Waals surface area contributed by atoms with Crippen LogP contribution < -0.4 is 10.3 Å². The average molecular weight is 302 g/mol. The Bertz CT molecular complexity index is 553. The first kappa shape index (κ1) is 11.2. The highest BCUT2D eigenvalue weighted by Gasteiger charge is 2.07. The number of benzene rings is 1. The summed E-state index contributed by atoms with van der Waals surface area (Å²) in [5.74, 6) is 0.772. The van der Waals surface area contributed by atoms with Gasteiger partial charge in [0.1, 0.15) is 10.2 Å². The van der Waals surface area contributed by atoms with Crippen molar-refractivity contribution in [2.75, 3.05) is 0 Å². The van der Waals surface area contributed by atoms with Gasteiger partial charge in [0.15, 0.2) is 0 Å². The molecule has 0 bridgehead atoms. The molecule has 0 aliphatic carbocycles. The summed E-state index contributed by atoms with van der Waals surface area (Å²) in [6.07, 6.45) is 1.28. The molecular formula is C10H6BrClN2O2. The van der Waals surface area contributed by atoms with Gasteiger partial charge in [-0.25, -0.2) is 4.98 Å². The fourth-order valence-corrected chi connectivity index (χ4v) is 1.48. The van der Waals surface area contributed by atoms with Gasteiger partial charge < -0.3 is 9.72 Å². The molecule has 1 aromatic carbocycles. The van der Waals surface area contributed by atoms with Crippen molar-refractivity contribution in [1.82, 2.24) is 9.97 Å². The van der Waals surface area contributed by atoms with Crippen molar-refractivity contribution >= 4 is 27.5 Å². The van der Waals surface area contributed by atoms with Gasteiger partial charge in [-0.1, -0.05) is 11.6 Å². The topological polar surface area (TPSA) is 55.0 Å². The van der Waals surface area contributed by atoms with E-state index in [2.05, 4.69) is 25.9 Å². The van der Waals surface area contributed by atoms with Crippen molar-refractivity contribution in [3.05, 3.63) is 50.4 Å². The number of aromatic nitrogens is 2. The molecule has 0 amide bonds. The summed E-state index contributed by atoms with van der Waals surface area (Å²) in [4.78, 5) is 17.6. The molecule has 82 valence electrons. The third kappa shape index (κ3) is 2.43. The number of H-pyrrole nitrogens is 1. The van der Waals surface area contributed by atoms with Crippen molar-refractivity contribution in [3.8, 4) is 11.6 Å². The minimum absolute atomic E-state index is 0.214. The molecule has 2 rings (SSSR count). The molecular weight excluding hydrogens is 295 g/mol. The normalized spacial score (nSPS) is 10.1. The van der Waals surface area contributed by atoms with E-state index in [1.807, 2.05) is 0 Å². The second-order valence-electron chi connectivity index (χ2n) is 2.91. The van der Waals surface area contributed by atoms with Gasteiger partial charge in [-0.05, 0) is 40.2 Å². The summed E-state index contributed by atoms with van der Waals surface area (Å²) in [5, 5.41) is 0.616. The lowest BCUT2D eigenvalue weighted by Gasteiger charge is -2.05. The van der Waals surface area contributed by atoms with Crippen LogP contribution in [0.1, 0.15) is 0 Å². The molecule has 4 nitrogen and oxygen atoms in total. The molecule has 0 atom stereocenters. The molecule has 1 heterocycles. The molecule has 0 fully saturated rings. The molecule has 6 heteroatoms. The third-order valence-electron chi connectivity index (χ3n) is 1.79. The number of hydrogen-bond donors (Lipinski definition) is 1. The maximum Gasteiger partial charge on any atom is 0.268 e. The van der Waals surface area contributed by atoms with Crippen LogP contribution in [0.2, 0.25) is 5.02 Å². The van der Waals surface area contributed by atoms with Crippen LogP contribution in [0.3, 0.4) is 0 Å². The lowest BCUT2D eigenvalue weighted by molar-refractivity contribution is 0.457. The molecule has 0 spiro atoms. The number of aromatic amines is 1. The number of nitrogens with zero attached hydrogens (tertiary/aromatic N) is 1. The van der Waals surface area contributed by atoms with E-state index in [0.717, 1.165) is 0 Å². The second kappa shape index (κ2) is 4.67. The Morgan fingerprint density at radius 3 is 2.69 bits per heavy atom. The van der Waals surface area contributed by atoms with Crippen LogP contribution in [0.4, 0.5) is 0 Å². The summed E-state index contributed by atoms with van der Waals surface area (Å²) < 4.78 is 5.66. The van der Waals surface area contributed by atoms with Gasteiger partial charge in [0.2, 0.25) is 5.88 Å². The number of ether oxygens (including phenoxy) is 1. The van der Waals surface area contributed by atoms with E-state index in [0.29, 0.717) is 10.8 Å². The van der Waals surface area contributed by atoms with Crippen LogP contribution >= 0.6 is 27.5 Å². The zero-order chi connectivity index (χ0) is 11.5. The summed E-state index contributed by atoms with van der Waals surface area (Å²) in [6.45, 7) is 0. The van der Waals surface area contributed by atoms with Gasteiger partial charge in [-0.2, -0.15) is 0 Å². The van der Waals surface area contributed by atoms with Gasteiger partial charge in [0, 0.05) is 5.02 Å². The zero-order valence-electron chi connectivity index (χ0n) is 7.91. The van der Waals surface area contributed by atoms with Gasteiger partial charge in [0.05, 0.1) is 6.33 Å². The second-order valence-corrected chi connectivity index (χ2v) is 4.14. The molecule has 0 aliphatic rings. The predicted octanol–water partition coefficient (Wildman–Crippen LogP) is 2.98. The fraction of sp³-hybridized carbons (Fsp3) is 0. The molecule has 1 N–H and O–H groups in total. The molecule has 1 aromatic heterocycles. The van der Waals surface area contributed by atoms with Crippen LogP contribution in [0.25, 0.3) is 0 Å². The molecule has 0 aliphatic heterocycles. The lowest BCUT2D eigenvalue weighted by Crippen LogP contribution is -2.08. The highest BCUT2D eigenvalue weighted by atomic mass is 79.9. The average Bonchev–Trinajstić information content (AvgIpc) is 2.28. The first-order valence-corrected chi connectivity index (χ1v) is 5.50. The van der Waals surface area contributed by atoms with Crippen LogP contribution in [-0.2, 0) is 0 Å². The highest BCUT2D eigenvalue weighted by molar-refractivity contribution is 9.10. The van der Waals surface area contributed by atoms with E-state index in [1.165, 1.54) is 6.33 Å². The van der Waals surface area contributed by atoms with E-state index in [9.17, 15) is 4.79 Å². The Labute approximate surface area is 104 Å². The maximum atomic E-state index is 11.2. The maximum absolute atomic E-state index is 11.2. The minimum Gasteiger partial charge on any atom is -0.438 e. The van der Waals surface area contributed by atoms with E-state index < -0.39 is 0 Å². The summed E-state index contributed by atoms with van der Waals surface area (Å²) in [5.41, 5.74) is -0.293. The molecule has 0 saturated carbocycles. The zero-order valence-corrected chi connectivity index (χ0v) is 10.2. The van der Waals surface area contributed by atoms with Crippen molar-refractivity contribution in [1.29, 1.82) is 0 Å². The van der Waals surface area contributed by atoms with Gasteiger partial charge in [-0.3, -0.25) is 4.79 Å². The lowest BCUT2D eigenvalue weighted by atomic mass is 10.3. The minimum atomic E-state index is -0.293. The Morgan fingerprint density at radius 1 is 1.31 bits per heavy atom. The number of rotatable bonds is 2. The first-order chi connectivity index (χ1) is 7.66. The SMILES string of the molecule is O=c1[nH]cnc(Oc2ccc(Cl)cc2)c1Br. The van der Waals surface area contributed by atoms with Crippen LogP contribution in [-0.4, -0.2) is 9.97 Å². The Morgan fingerprint density at radius 2 is 2.00 bits per heavy atom. The van der Waals surface area contributed by atoms with Crippen LogP contribution in [0.15, 0.2) is 39.9 Å². The standard InChI is InChI=1S/C10H6BrClN2O2/c11-8-9(15)13-5-14-10(8)16-7-3-1-6(12)2-4-7/h1-5H,(H,13,14,15). The van der Waals surface area contributed by atoms with E-state index in [-0.39, 0.29) is 15.9 Å². The monoisotopic (exact) mass is 300 g/mol. The largest absolute Gasteiger partial charge is 0.438 e. The Kier molecular flexibility index (Phi) is 3.26. The Hall–Kier alpha value is -1.33. The van der Waals surface area contributed by atoms with Gasteiger partial charge in [0.25, 0.3) is 5.56 Å². The molecule has 16 heavy (non-hydrogen) atoms. The van der Waals surface area contributed by atoms with Crippen LogP contribution in [0.5, 0.6) is 11.6 Å². The van der Waals surface area contributed by atoms with E-state index in [4.69, 9.17) is 16.3 Å². The van der Waals surface area contributed by atoms with Crippen molar-refractivity contribution in [3.63, 3.8) is 0 Å². The number of hydrogen-bond acceptors (Lipinski definition) is 3. The fourth-order valence-electron chi connectivity index (χ4n) is 1.05. The van der Waals surface area contributed by atoms with Crippen LogP contribution in [0, 0.1) is 0 Å². The summed E-state index contributed by atoms with van der Waals surface area (Å²) >= 11 is 8.83.